The van der Waals surface area contributed by atoms with Crippen molar-refractivity contribution in [1.29, 1.82) is 0 Å². The second-order valence-corrected chi connectivity index (χ2v) is 3.78. The Labute approximate surface area is 81.7 Å². The highest BCUT2D eigenvalue weighted by Crippen LogP contribution is 2.22. The molecule has 2 nitrogen and oxygen atoms in total. The van der Waals surface area contributed by atoms with Crippen LogP contribution in [0.5, 0.6) is 0 Å². The molecule has 0 atom stereocenters. The van der Waals surface area contributed by atoms with Crippen LogP contribution >= 0.6 is 11.8 Å². The third kappa shape index (κ3) is 3.24. The molecule has 0 aliphatic rings. The van der Waals surface area contributed by atoms with Crippen molar-refractivity contribution in [2.75, 3.05) is 25.1 Å². The zero-order valence-electron chi connectivity index (χ0n) is 7.51. The third-order valence-electron chi connectivity index (χ3n) is 1.57. The van der Waals surface area contributed by atoms with Gasteiger partial charge in [0.05, 0.1) is 0 Å². The molecule has 0 aliphatic carbocycles. The molecule has 0 saturated heterocycles. The minimum Gasteiger partial charge on any atom is -0.399 e. The predicted molar refractivity (Wildman–Crippen MR) is 55.5 cm³/mol. The summed E-state index contributed by atoms with van der Waals surface area (Å²) >= 11 is 1.49. The van der Waals surface area contributed by atoms with E-state index in [0.29, 0.717) is 10.6 Å². The first-order valence-electron chi connectivity index (χ1n) is 4.06. The first kappa shape index (κ1) is 10.3. The fourth-order valence-corrected chi connectivity index (χ4v) is 1.78. The molecule has 0 heterocycles. The maximum Gasteiger partial charge on any atom is 0.138 e. The number of hydrogen-bond acceptors (Lipinski definition) is 3. The summed E-state index contributed by atoms with van der Waals surface area (Å²) in [6.45, 7) is 0.870. The van der Waals surface area contributed by atoms with Crippen LogP contribution in [0.3, 0.4) is 0 Å². The third-order valence-corrected chi connectivity index (χ3v) is 2.62. The summed E-state index contributed by atoms with van der Waals surface area (Å²) in [5.74, 6) is 0.623. The Hall–Kier alpha value is -0.740. The number of benzene rings is 1. The van der Waals surface area contributed by atoms with Crippen molar-refractivity contribution in [3.05, 3.63) is 24.0 Å². The van der Waals surface area contributed by atoms with Crippen LogP contribution in [0.2, 0.25) is 0 Å². The molecule has 13 heavy (non-hydrogen) atoms. The van der Waals surface area contributed by atoms with Crippen molar-refractivity contribution in [2.45, 2.75) is 4.90 Å². The van der Waals surface area contributed by atoms with E-state index in [1.807, 2.05) is 7.05 Å². The molecule has 1 rings (SSSR count). The van der Waals surface area contributed by atoms with Crippen molar-refractivity contribution in [1.82, 2.24) is 5.32 Å². The van der Waals surface area contributed by atoms with Crippen LogP contribution in [0.15, 0.2) is 23.1 Å². The van der Waals surface area contributed by atoms with Crippen LogP contribution in [-0.4, -0.2) is 19.3 Å². The topological polar surface area (TPSA) is 38.0 Å². The first-order chi connectivity index (χ1) is 6.24. The number of thioether (sulfide) groups is 1. The van der Waals surface area contributed by atoms with Crippen molar-refractivity contribution in [3.63, 3.8) is 0 Å². The molecule has 72 valence electrons. The first-order valence-corrected chi connectivity index (χ1v) is 5.05. The van der Waals surface area contributed by atoms with E-state index >= 15 is 0 Å². The molecule has 0 radical (unpaired) electrons. The van der Waals surface area contributed by atoms with E-state index in [0.717, 1.165) is 12.3 Å². The molecule has 0 amide bonds. The smallest absolute Gasteiger partial charge is 0.138 e. The van der Waals surface area contributed by atoms with Gasteiger partial charge in [-0.1, -0.05) is 0 Å². The molecule has 0 aliphatic heterocycles. The molecule has 0 fully saturated rings. The lowest BCUT2D eigenvalue weighted by Crippen LogP contribution is -2.09. The van der Waals surface area contributed by atoms with Crippen molar-refractivity contribution >= 4 is 17.4 Å². The average Bonchev–Trinajstić information content (AvgIpc) is 2.09. The molecule has 1 aromatic rings. The lowest BCUT2D eigenvalue weighted by molar-refractivity contribution is 0.602. The van der Waals surface area contributed by atoms with Gasteiger partial charge in [0.25, 0.3) is 0 Å². The lowest BCUT2D eigenvalue weighted by atomic mass is 10.3. The second-order valence-electron chi connectivity index (χ2n) is 2.64. The maximum absolute atomic E-state index is 13.2. The largest absolute Gasteiger partial charge is 0.399 e. The highest BCUT2D eigenvalue weighted by molar-refractivity contribution is 7.99. The number of halogens is 1. The van der Waals surface area contributed by atoms with E-state index in [1.54, 1.807) is 12.1 Å². The van der Waals surface area contributed by atoms with Crippen LogP contribution in [0.4, 0.5) is 10.1 Å². The van der Waals surface area contributed by atoms with Gasteiger partial charge in [0, 0.05) is 22.9 Å². The van der Waals surface area contributed by atoms with Gasteiger partial charge in [0.1, 0.15) is 5.82 Å². The average molecular weight is 200 g/mol. The van der Waals surface area contributed by atoms with Gasteiger partial charge in [0.15, 0.2) is 0 Å². The van der Waals surface area contributed by atoms with Crippen LogP contribution in [0.25, 0.3) is 0 Å². The van der Waals surface area contributed by atoms with Gasteiger partial charge in [-0.3, -0.25) is 0 Å². The summed E-state index contributed by atoms with van der Waals surface area (Å²) in [4.78, 5) is 0.657. The molecule has 1 aromatic carbocycles. The van der Waals surface area contributed by atoms with Gasteiger partial charge >= 0.3 is 0 Å². The van der Waals surface area contributed by atoms with E-state index in [2.05, 4.69) is 5.32 Å². The number of nitrogens with one attached hydrogen (secondary N) is 1. The van der Waals surface area contributed by atoms with Gasteiger partial charge in [-0.25, -0.2) is 4.39 Å². The van der Waals surface area contributed by atoms with Gasteiger partial charge in [-0.2, -0.15) is 0 Å². The Morgan fingerprint density at radius 1 is 1.54 bits per heavy atom. The monoisotopic (exact) mass is 200 g/mol. The van der Waals surface area contributed by atoms with Crippen LogP contribution < -0.4 is 11.1 Å². The van der Waals surface area contributed by atoms with E-state index in [-0.39, 0.29) is 5.82 Å². The number of nitrogens with two attached hydrogens (primary N) is 1. The van der Waals surface area contributed by atoms with Crippen LogP contribution in [-0.2, 0) is 0 Å². The standard InChI is InChI=1S/C9H13FN2S/c1-12-4-5-13-9-3-2-7(11)6-8(9)10/h2-3,6,12H,4-5,11H2,1H3. The predicted octanol–water partition coefficient (Wildman–Crippen LogP) is 1.72. The summed E-state index contributed by atoms with van der Waals surface area (Å²) in [6, 6.07) is 4.78. The quantitative estimate of drug-likeness (QED) is 0.441. The van der Waals surface area contributed by atoms with Crippen LogP contribution in [0, 0.1) is 5.82 Å². The number of nitrogen functional groups attached to an aromatic ring is 1. The Kier molecular flexibility index (Phi) is 4.05. The van der Waals surface area contributed by atoms with Crippen LogP contribution in [0.1, 0.15) is 0 Å². The Morgan fingerprint density at radius 2 is 2.31 bits per heavy atom. The number of anilines is 1. The van der Waals surface area contributed by atoms with E-state index in [1.165, 1.54) is 17.8 Å². The normalized spacial score (nSPS) is 10.3. The molecule has 0 unspecified atom stereocenters. The Balaban J connectivity index is 2.56. The summed E-state index contributed by atoms with van der Waals surface area (Å²) in [7, 11) is 1.87. The highest BCUT2D eigenvalue weighted by atomic mass is 32.2. The van der Waals surface area contributed by atoms with Gasteiger partial charge in [-0.05, 0) is 25.2 Å². The Bertz CT molecular complexity index is 278. The summed E-state index contributed by atoms with van der Waals surface area (Å²) in [5.41, 5.74) is 5.89. The molecule has 0 saturated carbocycles. The summed E-state index contributed by atoms with van der Waals surface area (Å²) < 4.78 is 13.2. The molecular formula is C9H13FN2S. The zero-order chi connectivity index (χ0) is 9.68. The number of hydrogen-bond donors (Lipinski definition) is 2. The molecule has 0 bridgehead atoms. The van der Waals surface area contributed by atoms with Gasteiger partial charge in [0.2, 0.25) is 0 Å². The molecular weight excluding hydrogens is 187 g/mol. The molecule has 0 aromatic heterocycles. The molecule has 0 spiro atoms. The fourth-order valence-electron chi connectivity index (χ4n) is 0.897. The second kappa shape index (κ2) is 5.09. The summed E-state index contributed by atoms with van der Waals surface area (Å²) in [5, 5.41) is 3.00. The summed E-state index contributed by atoms with van der Waals surface area (Å²) in [6.07, 6.45) is 0. The zero-order valence-corrected chi connectivity index (χ0v) is 8.33. The molecule has 3 N–H and O–H groups in total. The van der Waals surface area contributed by atoms with E-state index < -0.39 is 0 Å². The van der Waals surface area contributed by atoms with Crippen molar-refractivity contribution in [2.24, 2.45) is 0 Å². The maximum atomic E-state index is 13.2. The van der Waals surface area contributed by atoms with Crippen molar-refractivity contribution < 1.29 is 4.39 Å². The fraction of sp³-hybridized carbons (Fsp3) is 0.333. The lowest BCUT2D eigenvalue weighted by Gasteiger charge is -2.03. The van der Waals surface area contributed by atoms with E-state index in [4.69, 9.17) is 5.73 Å². The van der Waals surface area contributed by atoms with Gasteiger partial charge in [-0.15, -0.1) is 11.8 Å². The highest BCUT2D eigenvalue weighted by Gasteiger charge is 2.01. The Morgan fingerprint density at radius 3 is 2.92 bits per heavy atom. The molecule has 4 heteroatoms. The van der Waals surface area contributed by atoms with E-state index in [9.17, 15) is 4.39 Å². The minimum atomic E-state index is -0.235. The van der Waals surface area contributed by atoms with Crippen molar-refractivity contribution in [3.8, 4) is 0 Å². The number of rotatable bonds is 4. The van der Waals surface area contributed by atoms with Gasteiger partial charge < -0.3 is 11.1 Å². The minimum absolute atomic E-state index is 0.235. The SMILES string of the molecule is CNCCSc1ccc(N)cc1F.